The molecule has 1 aromatic heterocycles. The molecule has 1 fully saturated rings. The third kappa shape index (κ3) is 2.38. The molecule has 2 heterocycles. The van der Waals surface area contributed by atoms with Gasteiger partial charge in [0.2, 0.25) is 10.0 Å². The number of rotatable bonds is 3. The van der Waals surface area contributed by atoms with E-state index in [1.807, 2.05) is 0 Å². The van der Waals surface area contributed by atoms with E-state index < -0.39 is 10.0 Å². The normalized spacial score (nSPS) is 18.5. The van der Waals surface area contributed by atoms with Crippen molar-refractivity contribution in [2.24, 2.45) is 5.73 Å². The summed E-state index contributed by atoms with van der Waals surface area (Å²) in [7, 11) is -3.40. The fraction of sp³-hybridized carbons (Fsp3) is 0.636. The van der Waals surface area contributed by atoms with Gasteiger partial charge < -0.3 is 10.2 Å². The standard InChI is InChI=1S/C11H18N2O3S/c1-9-11(7-10(8-12)16-9)17(14,15)13-5-3-2-4-6-13/h7H,2-6,8,12H2,1H3. The van der Waals surface area contributed by atoms with Gasteiger partial charge in [-0.15, -0.1) is 0 Å². The summed E-state index contributed by atoms with van der Waals surface area (Å²) in [5.74, 6) is 0.939. The van der Waals surface area contributed by atoms with Gasteiger partial charge in [0.05, 0.1) is 6.54 Å². The summed E-state index contributed by atoms with van der Waals surface area (Å²) in [6, 6.07) is 1.54. The molecule has 1 aliphatic heterocycles. The third-order valence-electron chi connectivity index (χ3n) is 3.06. The van der Waals surface area contributed by atoms with Crippen LogP contribution in [0.3, 0.4) is 0 Å². The molecule has 2 rings (SSSR count). The van der Waals surface area contributed by atoms with Gasteiger partial charge in [-0.05, 0) is 19.8 Å². The van der Waals surface area contributed by atoms with E-state index in [0.717, 1.165) is 19.3 Å². The minimum Gasteiger partial charge on any atom is -0.464 e. The molecule has 1 aromatic rings. The maximum Gasteiger partial charge on any atom is 0.246 e. The summed E-state index contributed by atoms with van der Waals surface area (Å²) < 4.78 is 31.6. The number of hydrogen-bond acceptors (Lipinski definition) is 4. The van der Waals surface area contributed by atoms with Crippen molar-refractivity contribution in [3.05, 3.63) is 17.6 Å². The van der Waals surface area contributed by atoms with Crippen LogP contribution in [0, 0.1) is 6.92 Å². The van der Waals surface area contributed by atoms with Crippen LogP contribution in [0.5, 0.6) is 0 Å². The van der Waals surface area contributed by atoms with Gasteiger partial charge in [-0.2, -0.15) is 4.31 Å². The first-order valence-corrected chi connectivity index (χ1v) is 7.29. The van der Waals surface area contributed by atoms with Crippen LogP contribution < -0.4 is 5.73 Å². The monoisotopic (exact) mass is 258 g/mol. The molecular weight excluding hydrogens is 240 g/mol. The van der Waals surface area contributed by atoms with Crippen LogP contribution >= 0.6 is 0 Å². The predicted octanol–water partition coefficient (Wildman–Crippen LogP) is 1.22. The number of sulfonamides is 1. The van der Waals surface area contributed by atoms with Crippen LogP contribution in [0.4, 0.5) is 0 Å². The highest BCUT2D eigenvalue weighted by molar-refractivity contribution is 7.89. The van der Waals surface area contributed by atoms with Crippen LogP contribution in [0.1, 0.15) is 30.8 Å². The summed E-state index contributed by atoms with van der Waals surface area (Å²) in [6.07, 6.45) is 2.96. The van der Waals surface area contributed by atoms with Gasteiger partial charge in [-0.3, -0.25) is 0 Å². The average molecular weight is 258 g/mol. The van der Waals surface area contributed by atoms with Crippen molar-refractivity contribution in [3.63, 3.8) is 0 Å². The van der Waals surface area contributed by atoms with Crippen molar-refractivity contribution in [2.45, 2.75) is 37.6 Å². The van der Waals surface area contributed by atoms with Crippen molar-refractivity contribution in [1.29, 1.82) is 0 Å². The van der Waals surface area contributed by atoms with Gasteiger partial charge in [0.15, 0.2) is 0 Å². The zero-order valence-corrected chi connectivity index (χ0v) is 10.8. The molecule has 0 radical (unpaired) electrons. The average Bonchev–Trinajstić information content (AvgIpc) is 2.72. The minimum atomic E-state index is -3.40. The van der Waals surface area contributed by atoms with Crippen molar-refractivity contribution in [1.82, 2.24) is 4.31 Å². The summed E-state index contributed by atoms with van der Waals surface area (Å²) in [5, 5.41) is 0. The van der Waals surface area contributed by atoms with Gasteiger partial charge in [0.1, 0.15) is 16.4 Å². The summed E-state index contributed by atoms with van der Waals surface area (Å²) in [5.41, 5.74) is 5.45. The molecule has 0 amide bonds. The first kappa shape index (κ1) is 12.6. The largest absolute Gasteiger partial charge is 0.464 e. The van der Waals surface area contributed by atoms with Gasteiger partial charge in [-0.25, -0.2) is 8.42 Å². The van der Waals surface area contributed by atoms with E-state index in [4.69, 9.17) is 10.2 Å². The fourth-order valence-corrected chi connectivity index (χ4v) is 3.83. The topological polar surface area (TPSA) is 76.5 Å². The van der Waals surface area contributed by atoms with Crippen LogP contribution in [-0.2, 0) is 16.6 Å². The molecule has 0 aromatic carbocycles. The molecule has 0 spiro atoms. The highest BCUT2D eigenvalue weighted by Gasteiger charge is 2.29. The second kappa shape index (κ2) is 4.80. The van der Waals surface area contributed by atoms with Crippen LogP contribution in [0.25, 0.3) is 0 Å². The van der Waals surface area contributed by atoms with E-state index in [1.54, 1.807) is 13.0 Å². The lowest BCUT2D eigenvalue weighted by molar-refractivity contribution is 0.346. The third-order valence-corrected chi connectivity index (χ3v) is 5.06. The Morgan fingerprint density at radius 1 is 1.35 bits per heavy atom. The van der Waals surface area contributed by atoms with Gasteiger partial charge in [0, 0.05) is 19.2 Å². The van der Waals surface area contributed by atoms with Crippen molar-refractivity contribution in [2.75, 3.05) is 13.1 Å². The van der Waals surface area contributed by atoms with E-state index in [1.165, 1.54) is 4.31 Å². The summed E-state index contributed by atoms with van der Waals surface area (Å²) in [4.78, 5) is 0.264. The summed E-state index contributed by atoms with van der Waals surface area (Å²) in [6.45, 7) is 3.09. The van der Waals surface area contributed by atoms with Crippen molar-refractivity contribution >= 4 is 10.0 Å². The zero-order valence-electron chi connectivity index (χ0n) is 9.98. The number of nitrogens with two attached hydrogens (primary N) is 1. The van der Waals surface area contributed by atoms with Crippen LogP contribution in [0.15, 0.2) is 15.4 Å². The lowest BCUT2D eigenvalue weighted by Gasteiger charge is -2.25. The zero-order chi connectivity index (χ0) is 12.5. The fourth-order valence-electron chi connectivity index (χ4n) is 2.13. The van der Waals surface area contributed by atoms with E-state index in [2.05, 4.69) is 0 Å². The van der Waals surface area contributed by atoms with Gasteiger partial charge >= 0.3 is 0 Å². The lowest BCUT2D eigenvalue weighted by atomic mass is 10.2. The van der Waals surface area contributed by atoms with Crippen LogP contribution in [0.2, 0.25) is 0 Å². The number of hydrogen-bond donors (Lipinski definition) is 1. The SMILES string of the molecule is Cc1oc(CN)cc1S(=O)(=O)N1CCCCC1. The van der Waals surface area contributed by atoms with E-state index >= 15 is 0 Å². The Labute approximate surface area is 102 Å². The second-order valence-electron chi connectivity index (χ2n) is 4.30. The number of aryl methyl sites for hydroxylation is 1. The Bertz CT molecular complexity index is 487. The van der Waals surface area contributed by atoms with E-state index in [0.29, 0.717) is 24.6 Å². The molecule has 1 aliphatic rings. The molecule has 2 N–H and O–H groups in total. The molecule has 1 saturated heterocycles. The van der Waals surface area contributed by atoms with Crippen molar-refractivity contribution < 1.29 is 12.8 Å². The molecule has 96 valence electrons. The molecule has 5 nitrogen and oxygen atoms in total. The first-order chi connectivity index (χ1) is 8.05. The van der Waals surface area contributed by atoms with Gasteiger partial charge in [-0.1, -0.05) is 6.42 Å². The molecule has 0 aliphatic carbocycles. The molecule has 0 bridgehead atoms. The molecule has 0 saturated carbocycles. The van der Waals surface area contributed by atoms with Crippen LogP contribution in [-0.4, -0.2) is 25.8 Å². The van der Waals surface area contributed by atoms with Crippen molar-refractivity contribution in [3.8, 4) is 0 Å². The molecule has 17 heavy (non-hydrogen) atoms. The van der Waals surface area contributed by atoms with E-state index in [9.17, 15) is 8.42 Å². The Morgan fingerprint density at radius 3 is 2.53 bits per heavy atom. The second-order valence-corrected chi connectivity index (χ2v) is 6.21. The molecular formula is C11H18N2O3S. The predicted molar refractivity (Wildman–Crippen MR) is 63.9 cm³/mol. The maximum atomic E-state index is 12.4. The Morgan fingerprint density at radius 2 is 2.00 bits per heavy atom. The highest BCUT2D eigenvalue weighted by atomic mass is 32.2. The smallest absolute Gasteiger partial charge is 0.246 e. The van der Waals surface area contributed by atoms with E-state index in [-0.39, 0.29) is 11.4 Å². The lowest BCUT2D eigenvalue weighted by Crippen LogP contribution is -2.35. The quantitative estimate of drug-likeness (QED) is 0.884. The van der Waals surface area contributed by atoms with Gasteiger partial charge in [0.25, 0.3) is 0 Å². The molecule has 0 atom stereocenters. The number of nitrogens with zero attached hydrogens (tertiary/aromatic N) is 1. The first-order valence-electron chi connectivity index (χ1n) is 5.85. The number of furan rings is 1. The minimum absolute atomic E-state index is 0.219. The molecule has 0 unspecified atom stereocenters. The Kier molecular flexibility index (Phi) is 3.56. The molecule has 6 heteroatoms. The maximum absolute atomic E-state index is 12.4. The Hall–Kier alpha value is -0.850. The summed E-state index contributed by atoms with van der Waals surface area (Å²) >= 11 is 0. The number of piperidine rings is 1. The highest BCUT2D eigenvalue weighted by Crippen LogP contribution is 2.25. The Balaban J connectivity index is 2.33.